The third-order valence-corrected chi connectivity index (χ3v) is 1.57. The first-order valence-electron chi connectivity index (χ1n) is 3.80. The highest BCUT2D eigenvalue weighted by Gasteiger charge is 2.04. The molecule has 0 aliphatic carbocycles. The van der Waals surface area contributed by atoms with Crippen LogP contribution in [0.4, 0.5) is 0 Å². The minimum Gasteiger partial charge on any atom is -0.347 e. The summed E-state index contributed by atoms with van der Waals surface area (Å²) in [6, 6.07) is 1.88. The molecular weight excluding hydrogens is 154 g/mol. The van der Waals surface area contributed by atoms with E-state index >= 15 is 0 Å². The van der Waals surface area contributed by atoms with Gasteiger partial charge in [-0.3, -0.25) is 9.48 Å². The molecule has 12 heavy (non-hydrogen) atoms. The molecule has 1 aromatic heterocycles. The fourth-order valence-electron chi connectivity index (χ4n) is 0.831. The summed E-state index contributed by atoms with van der Waals surface area (Å²) in [5, 5.41) is 4.10. The van der Waals surface area contributed by atoms with Gasteiger partial charge < -0.3 is 4.90 Å². The van der Waals surface area contributed by atoms with Crippen LogP contribution in [0.2, 0.25) is 0 Å². The maximum absolute atomic E-state index is 11.2. The fraction of sp³-hybridized carbons (Fsp3) is 0.500. The van der Waals surface area contributed by atoms with Crippen molar-refractivity contribution in [3.05, 3.63) is 18.0 Å². The van der Waals surface area contributed by atoms with Crippen molar-refractivity contribution in [2.45, 2.75) is 13.5 Å². The number of carbonyl (C=O) groups is 1. The van der Waals surface area contributed by atoms with E-state index in [4.69, 9.17) is 0 Å². The molecule has 0 aromatic carbocycles. The summed E-state index contributed by atoms with van der Waals surface area (Å²) >= 11 is 0. The molecule has 66 valence electrons. The van der Waals surface area contributed by atoms with E-state index in [0.717, 1.165) is 5.69 Å². The number of aryl methyl sites for hydroxylation is 1. The van der Waals surface area contributed by atoms with E-state index < -0.39 is 0 Å². The molecule has 0 spiro atoms. The fourth-order valence-corrected chi connectivity index (χ4v) is 0.831. The van der Waals surface area contributed by atoms with Crippen molar-refractivity contribution in [2.24, 2.45) is 0 Å². The average molecular weight is 167 g/mol. The minimum atomic E-state index is 0.0538. The van der Waals surface area contributed by atoms with E-state index in [-0.39, 0.29) is 5.91 Å². The van der Waals surface area contributed by atoms with Gasteiger partial charge in [0.05, 0.1) is 5.69 Å². The second-order valence-electron chi connectivity index (χ2n) is 2.94. The van der Waals surface area contributed by atoms with Crippen LogP contribution in [0, 0.1) is 6.92 Å². The molecule has 1 aromatic rings. The Bertz CT molecular complexity index is 278. The number of carbonyl (C=O) groups excluding carboxylic acids is 1. The molecule has 0 unspecified atom stereocenters. The molecule has 0 saturated heterocycles. The molecule has 1 rings (SSSR count). The zero-order valence-corrected chi connectivity index (χ0v) is 7.61. The summed E-state index contributed by atoms with van der Waals surface area (Å²) in [6.07, 6.45) is 1.80. The van der Waals surface area contributed by atoms with E-state index in [9.17, 15) is 4.79 Å². The summed E-state index contributed by atoms with van der Waals surface area (Å²) in [7, 11) is 3.47. The van der Waals surface area contributed by atoms with Gasteiger partial charge in [-0.05, 0) is 13.0 Å². The second kappa shape index (κ2) is 3.38. The normalized spacial score (nSPS) is 9.92. The molecule has 1 heterocycles. The largest absolute Gasteiger partial charge is 0.347 e. The van der Waals surface area contributed by atoms with Crippen LogP contribution in [0.25, 0.3) is 0 Å². The van der Waals surface area contributed by atoms with Gasteiger partial charge in [-0.1, -0.05) is 0 Å². The molecule has 1 amide bonds. The number of nitrogens with zero attached hydrogens (tertiary/aromatic N) is 3. The predicted octanol–water partition coefficient (Wildman–Crippen LogP) is 0.280. The van der Waals surface area contributed by atoms with Crippen LogP contribution >= 0.6 is 0 Å². The molecule has 0 aliphatic heterocycles. The summed E-state index contributed by atoms with van der Waals surface area (Å²) in [5.74, 6) is 0.0538. The number of aromatic nitrogens is 2. The molecule has 4 heteroatoms. The first-order valence-corrected chi connectivity index (χ1v) is 3.80. The first-order chi connectivity index (χ1) is 5.59. The van der Waals surface area contributed by atoms with Crippen molar-refractivity contribution in [1.29, 1.82) is 0 Å². The second-order valence-corrected chi connectivity index (χ2v) is 2.94. The first kappa shape index (κ1) is 8.77. The summed E-state index contributed by atoms with van der Waals surface area (Å²) < 4.78 is 1.64. The minimum absolute atomic E-state index is 0.0538. The Morgan fingerprint density at radius 3 is 2.75 bits per heavy atom. The predicted molar refractivity (Wildman–Crippen MR) is 45.7 cm³/mol. The van der Waals surface area contributed by atoms with Crippen molar-refractivity contribution in [3.63, 3.8) is 0 Å². The Balaban J connectivity index is 2.58. The lowest BCUT2D eigenvalue weighted by Crippen LogP contribution is -2.26. The van der Waals surface area contributed by atoms with E-state index in [2.05, 4.69) is 5.10 Å². The van der Waals surface area contributed by atoms with Crippen LogP contribution < -0.4 is 0 Å². The van der Waals surface area contributed by atoms with Gasteiger partial charge in [-0.2, -0.15) is 5.10 Å². The van der Waals surface area contributed by atoms with Crippen LogP contribution in [-0.2, 0) is 11.3 Å². The number of hydrogen-bond acceptors (Lipinski definition) is 2. The number of likely N-dealkylation sites (N-methyl/N-ethyl adjacent to an activating group) is 1. The van der Waals surface area contributed by atoms with Crippen molar-refractivity contribution in [3.8, 4) is 0 Å². The highest BCUT2D eigenvalue weighted by Crippen LogP contribution is 1.93. The smallest absolute Gasteiger partial charge is 0.243 e. The zero-order valence-electron chi connectivity index (χ0n) is 7.61. The Kier molecular flexibility index (Phi) is 2.47. The molecule has 4 nitrogen and oxygen atoms in total. The third-order valence-electron chi connectivity index (χ3n) is 1.57. The van der Waals surface area contributed by atoms with Crippen LogP contribution in [0.3, 0.4) is 0 Å². The highest BCUT2D eigenvalue weighted by atomic mass is 16.2. The van der Waals surface area contributed by atoms with Gasteiger partial charge in [0.15, 0.2) is 0 Å². The molecule has 0 N–H and O–H groups in total. The van der Waals surface area contributed by atoms with Crippen molar-refractivity contribution in [1.82, 2.24) is 14.7 Å². The lowest BCUT2D eigenvalue weighted by Gasteiger charge is -2.09. The number of hydrogen-bond donors (Lipinski definition) is 0. The molecule has 0 aliphatic rings. The van der Waals surface area contributed by atoms with Gasteiger partial charge >= 0.3 is 0 Å². The topological polar surface area (TPSA) is 38.1 Å². The SMILES string of the molecule is Cc1ccn(CC(=O)N(C)C)n1. The average Bonchev–Trinajstić information content (AvgIpc) is 2.35. The van der Waals surface area contributed by atoms with Crippen LogP contribution in [0.5, 0.6) is 0 Å². The monoisotopic (exact) mass is 167 g/mol. The summed E-state index contributed by atoms with van der Waals surface area (Å²) in [5.41, 5.74) is 0.932. The summed E-state index contributed by atoms with van der Waals surface area (Å²) in [4.78, 5) is 12.7. The van der Waals surface area contributed by atoms with E-state index in [0.29, 0.717) is 6.54 Å². The third kappa shape index (κ3) is 2.08. The van der Waals surface area contributed by atoms with Gasteiger partial charge in [-0.25, -0.2) is 0 Å². The van der Waals surface area contributed by atoms with Crippen LogP contribution in [0.1, 0.15) is 5.69 Å². The Labute approximate surface area is 71.8 Å². The Morgan fingerprint density at radius 1 is 1.67 bits per heavy atom. The maximum Gasteiger partial charge on any atom is 0.243 e. The van der Waals surface area contributed by atoms with Crippen LogP contribution in [0.15, 0.2) is 12.3 Å². The quantitative estimate of drug-likeness (QED) is 0.634. The zero-order chi connectivity index (χ0) is 9.14. The standard InChI is InChI=1S/C8H13N3O/c1-7-4-5-11(9-7)6-8(12)10(2)3/h4-5H,6H2,1-3H3. The molecular formula is C8H13N3O. The molecule has 0 atom stereocenters. The van der Waals surface area contributed by atoms with E-state index in [1.165, 1.54) is 0 Å². The van der Waals surface area contributed by atoms with E-state index in [1.807, 2.05) is 13.0 Å². The van der Waals surface area contributed by atoms with Crippen LogP contribution in [-0.4, -0.2) is 34.7 Å². The molecule has 0 bridgehead atoms. The molecule has 0 radical (unpaired) electrons. The van der Waals surface area contributed by atoms with Crippen molar-refractivity contribution < 1.29 is 4.79 Å². The van der Waals surface area contributed by atoms with Gasteiger partial charge in [0.1, 0.15) is 6.54 Å². The lowest BCUT2D eigenvalue weighted by molar-refractivity contribution is -0.129. The van der Waals surface area contributed by atoms with Gasteiger partial charge in [-0.15, -0.1) is 0 Å². The highest BCUT2D eigenvalue weighted by molar-refractivity contribution is 5.75. The Hall–Kier alpha value is -1.32. The van der Waals surface area contributed by atoms with E-state index in [1.54, 1.807) is 29.9 Å². The molecule has 0 saturated carbocycles. The maximum atomic E-state index is 11.2. The Morgan fingerprint density at radius 2 is 2.33 bits per heavy atom. The summed E-state index contributed by atoms with van der Waals surface area (Å²) in [6.45, 7) is 2.22. The van der Waals surface area contributed by atoms with Gasteiger partial charge in [0, 0.05) is 20.3 Å². The molecule has 0 fully saturated rings. The van der Waals surface area contributed by atoms with Crippen molar-refractivity contribution >= 4 is 5.91 Å². The lowest BCUT2D eigenvalue weighted by atomic mass is 10.5. The van der Waals surface area contributed by atoms with Gasteiger partial charge in [0.2, 0.25) is 5.91 Å². The number of amides is 1. The number of rotatable bonds is 2. The van der Waals surface area contributed by atoms with Gasteiger partial charge in [0.25, 0.3) is 0 Å². The van der Waals surface area contributed by atoms with Crippen molar-refractivity contribution in [2.75, 3.05) is 14.1 Å².